The maximum absolute atomic E-state index is 10.6. The van der Waals surface area contributed by atoms with Gasteiger partial charge in [0.25, 0.3) is 6.47 Å². The van der Waals surface area contributed by atoms with Gasteiger partial charge in [0.15, 0.2) is 0 Å². The van der Waals surface area contributed by atoms with Crippen molar-refractivity contribution in [3.8, 4) is 0 Å². The molecule has 0 N–H and O–H groups in total. The summed E-state index contributed by atoms with van der Waals surface area (Å²) in [6, 6.07) is 0. The van der Waals surface area contributed by atoms with E-state index in [-0.39, 0.29) is 11.7 Å². The van der Waals surface area contributed by atoms with E-state index in [9.17, 15) is 4.79 Å². The third-order valence-corrected chi connectivity index (χ3v) is 4.57. The topological polar surface area (TPSA) is 35.5 Å². The molecule has 0 amide bonds. The number of carbonyl (C=O) groups is 1. The van der Waals surface area contributed by atoms with Gasteiger partial charge in [-0.2, -0.15) is 0 Å². The fourth-order valence-corrected chi connectivity index (χ4v) is 4.57. The SMILES string of the molecule is COC(OC=O)C12CC(C)CC(CC(C)C1)C2. The van der Waals surface area contributed by atoms with E-state index in [1.165, 1.54) is 12.8 Å². The Bertz CT molecular complexity index is 257. The molecule has 0 aromatic heterocycles. The van der Waals surface area contributed by atoms with Crippen LogP contribution in [0.3, 0.4) is 0 Å². The van der Waals surface area contributed by atoms with Crippen LogP contribution in [0.25, 0.3) is 0 Å². The fourth-order valence-electron chi connectivity index (χ4n) is 4.57. The standard InChI is InChI=1S/C14H24O3/c1-10-4-12-5-11(2)7-14(6-10,8-12)13(16-3)17-9-15/h9-13H,4-8H2,1-3H3. The van der Waals surface area contributed by atoms with Crippen LogP contribution in [0.5, 0.6) is 0 Å². The molecule has 0 aromatic rings. The predicted octanol–water partition coefficient (Wildman–Crippen LogP) is 2.98. The highest BCUT2D eigenvalue weighted by Gasteiger charge is 2.50. The Hall–Kier alpha value is -0.570. The van der Waals surface area contributed by atoms with Gasteiger partial charge in [-0.3, -0.25) is 4.79 Å². The fraction of sp³-hybridized carbons (Fsp3) is 0.929. The van der Waals surface area contributed by atoms with E-state index < -0.39 is 0 Å². The van der Waals surface area contributed by atoms with Gasteiger partial charge >= 0.3 is 0 Å². The molecular weight excluding hydrogens is 216 g/mol. The second-order valence-corrected chi connectivity index (χ2v) is 6.32. The van der Waals surface area contributed by atoms with E-state index in [1.807, 2.05) is 0 Å². The zero-order chi connectivity index (χ0) is 12.5. The molecule has 3 atom stereocenters. The third-order valence-electron chi connectivity index (χ3n) is 4.57. The van der Waals surface area contributed by atoms with Gasteiger partial charge in [-0.25, -0.2) is 0 Å². The van der Waals surface area contributed by atoms with E-state index in [4.69, 9.17) is 9.47 Å². The van der Waals surface area contributed by atoms with Gasteiger partial charge in [-0.15, -0.1) is 0 Å². The number of ether oxygens (including phenoxy) is 2. The summed E-state index contributed by atoms with van der Waals surface area (Å²) in [5, 5.41) is 0. The van der Waals surface area contributed by atoms with Gasteiger partial charge in [0.05, 0.1) is 0 Å². The molecule has 0 aromatic carbocycles. The Kier molecular flexibility index (Phi) is 3.76. The summed E-state index contributed by atoms with van der Waals surface area (Å²) in [4.78, 5) is 10.6. The van der Waals surface area contributed by atoms with Crippen LogP contribution in [0.1, 0.15) is 46.0 Å². The van der Waals surface area contributed by atoms with Crippen molar-refractivity contribution in [3.63, 3.8) is 0 Å². The highest BCUT2D eigenvalue weighted by Crippen LogP contribution is 2.55. The molecular formula is C14H24O3. The quantitative estimate of drug-likeness (QED) is 0.560. The Morgan fingerprint density at radius 2 is 1.76 bits per heavy atom. The molecule has 0 saturated heterocycles. The molecule has 17 heavy (non-hydrogen) atoms. The Morgan fingerprint density at radius 3 is 2.24 bits per heavy atom. The van der Waals surface area contributed by atoms with Gasteiger partial charge in [-0.05, 0) is 49.9 Å². The van der Waals surface area contributed by atoms with Crippen molar-refractivity contribution in [3.05, 3.63) is 0 Å². The van der Waals surface area contributed by atoms with Crippen LogP contribution in [0.2, 0.25) is 0 Å². The molecule has 2 bridgehead atoms. The maximum atomic E-state index is 10.6. The largest absolute Gasteiger partial charge is 0.437 e. The van der Waals surface area contributed by atoms with Crippen molar-refractivity contribution in [2.45, 2.75) is 52.2 Å². The Morgan fingerprint density at radius 1 is 1.18 bits per heavy atom. The number of methoxy groups -OCH3 is 1. The normalized spacial score (nSPS) is 42.9. The van der Waals surface area contributed by atoms with Crippen molar-refractivity contribution in [2.24, 2.45) is 23.2 Å². The van der Waals surface area contributed by atoms with Crippen molar-refractivity contribution < 1.29 is 14.3 Å². The summed E-state index contributed by atoms with van der Waals surface area (Å²) in [6.45, 7) is 5.16. The summed E-state index contributed by atoms with van der Waals surface area (Å²) in [5.74, 6) is 2.22. The molecule has 0 radical (unpaired) electrons. The van der Waals surface area contributed by atoms with E-state index in [0.717, 1.165) is 25.2 Å². The lowest BCUT2D eigenvalue weighted by Crippen LogP contribution is -2.48. The first-order chi connectivity index (χ1) is 8.09. The smallest absolute Gasteiger partial charge is 0.295 e. The minimum atomic E-state index is -0.354. The van der Waals surface area contributed by atoms with E-state index >= 15 is 0 Å². The first-order valence-electron chi connectivity index (χ1n) is 6.71. The molecule has 0 heterocycles. The van der Waals surface area contributed by atoms with Gasteiger partial charge in [-0.1, -0.05) is 13.8 Å². The predicted molar refractivity (Wildman–Crippen MR) is 65.3 cm³/mol. The van der Waals surface area contributed by atoms with Crippen molar-refractivity contribution in [1.29, 1.82) is 0 Å². The minimum absolute atomic E-state index is 0.0651. The summed E-state index contributed by atoms with van der Waals surface area (Å²) in [5.41, 5.74) is 0.0651. The van der Waals surface area contributed by atoms with Crippen LogP contribution in [0, 0.1) is 23.2 Å². The summed E-state index contributed by atoms with van der Waals surface area (Å²) in [6.07, 6.45) is 5.70. The van der Waals surface area contributed by atoms with E-state index in [2.05, 4.69) is 13.8 Å². The van der Waals surface area contributed by atoms with Crippen LogP contribution >= 0.6 is 0 Å². The average molecular weight is 240 g/mol. The van der Waals surface area contributed by atoms with Crippen LogP contribution in [-0.4, -0.2) is 19.9 Å². The Labute approximate surface area is 104 Å². The molecule has 3 nitrogen and oxygen atoms in total. The molecule has 2 aliphatic rings. The highest BCUT2D eigenvalue weighted by molar-refractivity contribution is 5.37. The average Bonchev–Trinajstić information content (AvgIpc) is 2.23. The van der Waals surface area contributed by atoms with E-state index in [1.54, 1.807) is 7.11 Å². The number of hydrogen-bond acceptors (Lipinski definition) is 3. The first kappa shape index (κ1) is 12.9. The molecule has 3 unspecified atom stereocenters. The molecule has 2 rings (SSSR count). The zero-order valence-corrected chi connectivity index (χ0v) is 11.1. The molecule has 98 valence electrons. The third kappa shape index (κ3) is 2.49. The second-order valence-electron chi connectivity index (χ2n) is 6.32. The van der Waals surface area contributed by atoms with Crippen LogP contribution in [-0.2, 0) is 14.3 Å². The van der Waals surface area contributed by atoms with Crippen LogP contribution in [0.15, 0.2) is 0 Å². The summed E-state index contributed by atoms with van der Waals surface area (Å²) in [7, 11) is 1.65. The summed E-state index contributed by atoms with van der Waals surface area (Å²) >= 11 is 0. The second kappa shape index (κ2) is 4.97. The van der Waals surface area contributed by atoms with E-state index in [0.29, 0.717) is 18.3 Å². The molecule has 2 saturated carbocycles. The first-order valence-corrected chi connectivity index (χ1v) is 6.71. The monoisotopic (exact) mass is 240 g/mol. The van der Waals surface area contributed by atoms with Gasteiger partial charge in [0.2, 0.25) is 6.29 Å². The van der Waals surface area contributed by atoms with Crippen LogP contribution < -0.4 is 0 Å². The summed E-state index contributed by atoms with van der Waals surface area (Å²) < 4.78 is 10.7. The minimum Gasteiger partial charge on any atom is -0.437 e. The number of hydrogen-bond donors (Lipinski definition) is 0. The van der Waals surface area contributed by atoms with Gasteiger partial charge in [0, 0.05) is 12.5 Å². The van der Waals surface area contributed by atoms with Crippen molar-refractivity contribution >= 4 is 6.47 Å². The van der Waals surface area contributed by atoms with Gasteiger partial charge < -0.3 is 9.47 Å². The molecule has 2 fully saturated rings. The molecule has 2 aliphatic carbocycles. The molecule has 0 aliphatic heterocycles. The lowest BCUT2D eigenvalue weighted by molar-refractivity contribution is -0.215. The molecule has 3 heteroatoms. The van der Waals surface area contributed by atoms with Crippen LogP contribution in [0.4, 0.5) is 0 Å². The van der Waals surface area contributed by atoms with Crippen molar-refractivity contribution in [1.82, 2.24) is 0 Å². The number of carbonyl (C=O) groups excluding carboxylic acids is 1. The number of fused-ring (bicyclic) bond motifs is 2. The molecule has 0 spiro atoms. The number of rotatable bonds is 4. The van der Waals surface area contributed by atoms with Crippen molar-refractivity contribution in [2.75, 3.05) is 7.11 Å². The zero-order valence-electron chi connectivity index (χ0n) is 11.1. The lowest BCUT2D eigenvalue weighted by atomic mass is 9.56. The maximum Gasteiger partial charge on any atom is 0.295 e. The van der Waals surface area contributed by atoms with Gasteiger partial charge in [0.1, 0.15) is 0 Å². The Balaban J connectivity index is 2.20. The highest BCUT2D eigenvalue weighted by atomic mass is 16.7. The lowest BCUT2D eigenvalue weighted by Gasteiger charge is -2.51.